The third kappa shape index (κ3) is 1.97. The first-order valence-electron chi connectivity index (χ1n) is 4.71. The van der Waals surface area contributed by atoms with E-state index in [0.29, 0.717) is 15.1 Å². The van der Waals surface area contributed by atoms with E-state index in [1.165, 1.54) is 7.11 Å². The summed E-state index contributed by atoms with van der Waals surface area (Å²) in [4.78, 5) is 0.300. The Labute approximate surface area is 103 Å². The number of ether oxygens (including phenoxy) is 2. The molecule has 88 valence electrons. The highest BCUT2D eigenvalue weighted by molar-refractivity contribution is 9.10. The molecule has 1 aliphatic rings. The van der Waals surface area contributed by atoms with Crippen molar-refractivity contribution >= 4 is 25.8 Å². The largest absolute Gasteiger partial charge is 0.496 e. The zero-order valence-electron chi connectivity index (χ0n) is 8.64. The van der Waals surface area contributed by atoms with Gasteiger partial charge in [-0.3, -0.25) is 0 Å². The summed E-state index contributed by atoms with van der Waals surface area (Å²) >= 11 is 3.27. The van der Waals surface area contributed by atoms with E-state index in [4.69, 9.17) is 9.47 Å². The molecule has 0 N–H and O–H groups in total. The van der Waals surface area contributed by atoms with Crippen LogP contribution < -0.4 is 4.74 Å². The molecule has 16 heavy (non-hydrogen) atoms. The molecule has 1 aromatic carbocycles. The molecule has 1 aliphatic heterocycles. The van der Waals surface area contributed by atoms with Crippen molar-refractivity contribution in [2.45, 2.75) is 10.1 Å². The van der Waals surface area contributed by atoms with Crippen LogP contribution in [0.25, 0.3) is 0 Å². The molecule has 1 heterocycles. The van der Waals surface area contributed by atoms with Crippen molar-refractivity contribution in [3.05, 3.63) is 22.7 Å². The Morgan fingerprint density at radius 3 is 2.56 bits per heavy atom. The summed E-state index contributed by atoms with van der Waals surface area (Å²) in [5, 5.41) is -0.409. The Morgan fingerprint density at radius 1 is 1.44 bits per heavy atom. The van der Waals surface area contributed by atoms with Gasteiger partial charge in [-0.2, -0.15) is 0 Å². The first-order valence-corrected chi connectivity index (χ1v) is 7.05. The first kappa shape index (κ1) is 11.9. The van der Waals surface area contributed by atoms with Crippen molar-refractivity contribution in [1.82, 2.24) is 0 Å². The minimum atomic E-state index is -3.26. The molecule has 1 aromatic rings. The molecule has 0 saturated carbocycles. The molecule has 0 radical (unpaired) electrons. The van der Waals surface area contributed by atoms with Crippen LogP contribution in [0.5, 0.6) is 5.75 Å². The van der Waals surface area contributed by atoms with Crippen LogP contribution in [0.4, 0.5) is 0 Å². The number of hydrogen-bond acceptors (Lipinski definition) is 4. The summed E-state index contributed by atoms with van der Waals surface area (Å²) in [5.41, 5.74) is 0. The van der Waals surface area contributed by atoms with Crippen molar-refractivity contribution in [1.29, 1.82) is 0 Å². The summed E-state index contributed by atoms with van der Waals surface area (Å²) < 4.78 is 34.6. The summed E-state index contributed by atoms with van der Waals surface area (Å²) in [6.45, 7) is 0.567. The smallest absolute Gasteiger partial charge is 0.185 e. The van der Waals surface area contributed by atoms with Crippen LogP contribution in [-0.2, 0) is 14.6 Å². The summed E-state index contributed by atoms with van der Waals surface area (Å²) in [6, 6.07) is 4.75. The minimum absolute atomic E-state index is 0.284. The van der Waals surface area contributed by atoms with E-state index in [1.807, 2.05) is 0 Å². The van der Waals surface area contributed by atoms with Gasteiger partial charge in [-0.1, -0.05) is 0 Å². The average molecular weight is 307 g/mol. The van der Waals surface area contributed by atoms with E-state index in [9.17, 15) is 8.42 Å². The predicted molar refractivity (Wildman–Crippen MR) is 62.5 cm³/mol. The SMILES string of the molecule is COc1ccc(S(=O)(=O)C2COC2)cc1Br. The fourth-order valence-electron chi connectivity index (χ4n) is 1.41. The number of sulfone groups is 1. The van der Waals surface area contributed by atoms with Crippen molar-refractivity contribution in [2.75, 3.05) is 20.3 Å². The van der Waals surface area contributed by atoms with Crippen LogP contribution in [0, 0.1) is 0 Å². The molecule has 1 fully saturated rings. The summed E-state index contributed by atoms with van der Waals surface area (Å²) in [6.07, 6.45) is 0. The van der Waals surface area contributed by atoms with Crippen molar-refractivity contribution in [3.63, 3.8) is 0 Å². The average Bonchev–Trinajstić information content (AvgIpc) is 2.14. The molecule has 0 amide bonds. The molecule has 4 nitrogen and oxygen atoms in total. The van der Waals surface area contributed by atoms with Crippen LogP contribution in [0.3, 0.4) is 0 Å². The van der Waals surface area contributed by atoms with Crippen LogP contribution in [0.15, 0.2) is 27.6 Å². The lowest BCUT2D eigenvalue weighted by Gasteiger charge is -2.25. The molecular weight excluding hydrogens is 296 g/mol. The summed E-state index contributed by atoms with van der Waals surface area (Å²) in [5.74, 6) is 0.615. The van der Waals surface area contributed by atoms with Crippen molar-refractivity contribution < 1.29 is 17.9 Å². The normalized spacial score (nSPS) is 16.9. The third-order valence-corrected chi connectivity index (χ3v) is 5.18. The first-order chi connectivity index (χ1) is 7.55. The molecule has 6 heteroatoms. The van der Waals surface area contributed by atoms with E-state index >= 15 is 0 Å². The van der Waals surface area contributed by atoms with Gasteiger partial charge in [0.1, 0.15) is 11.0 Å². The van der Waals surface area contributed by atoms with Gasteiger partial charge in [-0.25, -0.2) is 8.42 Å². The van der Waals surface area contributed by atoms with Crippen LogP contribution >= 0.6 is 15.9 Å². The maximum atomic E-state index is 12.0. The van der Waals surface area contributed by atoms with E-state index in [1.54, 1.807) is 18.2 Å². The van der Waals surface area contributed by atoms with Gasteiger partial charge < -0.3 is 9.47 Å². The fourth-order valence-corrected chi connectivity index (χ4v) is 3.58. The lowest BCUT2D eigenvalue weighted by atomic mass is 10.3. The molecule has 0 unspecified atom stereocenters. The molecule has 2 rings (SSSR count). The highest BCUT2D eigenvalue weighted by Crippen LogP contribution is 2.30. The van der Waals surface area contributed by atoms with Gasteiger partial charge in [0.15, 0.2) is 9.84 Å². The Morgan fingerprint density at radius 2 is 2.12 bits per heavy atom. The highest BCUT2D eigenvalue weighted by atomic mass is 79.9. The second kappa shape index (κ2) is 4.35. The quantitative estimate of drug-likeness (QED) is 0.852. The van der Waals surface area contributed by atoms with Gasteiger partial charge in [0.05, 0.1) is 29.7 Å². The molecule has 0 atom stereocenters. The second-order valence-corrected chi connectivity index (χ2v) is 6.58. The maximum Gasteiger partial charge on any atom is 0.185 e. The standard InChI is InChI=1S/C10H11BrO4S/c1-14-10-3-2-7(4-9(10)11)16(12,13)8-5-15-6-8/h2-4,8H,5-6H2,1H3. The van der Waals surface area contributed by atoms with Gasteiger partial charge in [-0.15, -0.1) is 0 Å². The molecule has 0 bridgehead atoms. The molecule has 1 saturated heterocycles. The second-order valence-electron chi connectivity index (χ2n) is 3.50. The number of hydrogen-bond donors (Lipinski definition) is 0. The topological polar surface area (TPSA) is 52.6 Å². The molecule has 0 aliphatic carbocycles. The number of methoxy groups -OCH3 is 1. The highest BCUT2D eigenvalue weighted by Gasteiger charge is 2.34. The number of halogens is 1. The Balaban J connectivity index is 2.37. The van der Waals surface area contributed by atoms with E-state index in [0.717, 1.165) is 0 Å². The van der Waals surface area contributed by atoms with Gasteiger partial charge in [0, 0.05) is 0 Å². The molecule has 0 spiro atoms. The summed E-state index contributed by atoms with van der Waals surface area (Å²) in [7, 11) is -1.72. The lowest BCUT2D eigenvalue weighted by molar-refractivity contribution is 0.0416. The van der Waals surface area contributed by atoms with Crippen molar-refractivity contribution in [3.8, 4) is 5.75 Å². The number of benzene rings is 1. The zero-order valence-corrected chi connectivity index (χ0v) is 11.0. The lowest BCUT2D eigenvalue weighted by Crippen LogP contribution is -2.40. The molecule has 0 aromatic heterocycles. The predicted octanol–water partition coefficient (Wildman–Crippen LogP) is 1.63. The van der Waals surface area contributed by atoms with E-state index in [-0.39, 0.29) is 13.2 Å². The Kier molecular flexibility index (Phi) is 3.23. The van der Waals surface area contributed by atoms with Crippen LogP contribution in [0.2, 0.25) is 0 Å². The van der Waals surface area contributed by atoms with Gasteiger partial charge in [-0.05, 0) is 34.1 Å². The van der Waals surface area contributed by atoms with E-state index in [2.05, 4.69) is 15.9 Å². The third-order valence-electron chi connectivity index (χ3n) is 2.50. The molecular formula is C10H11BrO4S. The fraction of sp³-hybridized carbons (Fsp3) is 0.400. The monoisotopic (exact) mass is 306 g/mol. The Bertz CT molecular complexity index is 494. The minimum Gasteiger partial charge on any atom is -0.496 e. The van der Waals surface area contributed by atoms with Crippen LogP contribution in [0.1, 0.15) is 0 Å². The van der Waals surface area contributed by atoms with E-state index < -0.39 is 15.1 Å². The maximum absolute atomic E-state index is 12.0. The van der Waals surface area contributed by atoms with Gasteiger partial charge in [0.2, 0.25) is 0 Å². The van der Waals surface area contributed by atoms with Crippen molar-refractivity contribution in [2.24, 2.45) is 0 Å². The van der Waals surface area contributed by atoms with Gasteiger partial charge >= 0.3 is 0 Å². The number of rotatable bonds is 3. The van der Waals surface area contributed by atoms with Crippen LogP contribution in [-0.4, -0.2) is 34.0 Å². The Hall–Kier alpha value is -0.590. The zero-order chi connectivity index (χ0) is 11.8. The van der Waals surface area contributed by atoms with Gasteiger partial charge in [0.25, 0.3) is 0 Å².